The Morgan fingerprint density at radius 1 is 1.21 bits per heavy atom. The summed E-state index contributed by atoms with van der Waals surface area (Å²) in [7, 11) is 0. The van der Waals surface area contributed by atoms with Crippen LogP contribution in [0.1, 0.15) is 25.8 Å². The van der Waals surface area contributed by atoms with E-state index >= 15 is 0 Å². The number of rotatable bonds is 9. The molecule has 0 aliphatic heterocycles. The lowest BCUT2D eigenvalue weighted by Crippen LogP contribution is -2.23. The van der Waals surface area contributed by atoms with Crippen LogP contribution in [0.15, 0.2) is 29.1 Å². The predicted octanol–water partition coefficient (Wildman–Crippen LogP) is 1.36. The van der Waals surface area contributed by atoms with Crippen LogP contribution >= 0.6 is 0 Å². The predicted molar refractivity (Wildman–Crippen MR) is 92.1 cm³/mol. The van der Waals surface area contributed by atoms with Crippen LogP contribution in [0.3, 0.4) is 0 Å². The zero-order valence-electron chi connectivity index (χ0n) is 13.9. The molecule has 7 nitrogen and oxygen atoms in total. The van der Waals surface area contributed by atoms with Gasteiger partial charge in [-0.3, -0.25) is 4.79 Å². The molecular formula is C17H24N2O5. The van der Waals surface area contributed by atoms with E-state index in [0.29, 0.717) is 30.0 Å². The molecule has 132 valence electrons. The zero-order valence-corrected chi connectivity index (χ0v) is 13.9. The number of ether oxygens (including phenoxy) is 2. The fourth-order valence-electron chi connectivity index (χ4n) is 2.35. The molecule has 1 heterocycles. The molecule has 1 atom stereocenters. The number of benzene rings is 1. The van der Waals surface area contributed by atoms with Crippen molar-refractivity contribution >= 4 is 16.5 Å². The molecule has 24 heavy (non-hydrogen) atoms. The van der Waals surface area contributed by atoms with Gasteiger partial charge in [-0.15, -0.1) is 0 Å². The molecular weight excluding hydrogens is 312 g/mol. The van der Waals surface area contributed by atoms with Crippen molar-refractivity contribution in [2.75, 3.05) is 31.7 Å². The van der Waals surface area contributed by atoms with E-state index in [2.05, 4.69) is 10.3 Å². The Hall–Kier alpha value is -1.93. The Labute approximate surface area is 140 Å². The van der Waals surface area contributed by atoms with Gasteiger partial charge in [0.1, 0.15) is 0 Å². The minimum absolute atomic E-state index is 0.203. The number of aromatic nitrogens is 1. The lowest BCUT2D eigenvalue weighted by molar-refractivity contribution is -0.142. The number of pyridine rings is 1. The van der Waals surface area contributed by atoms with E-state index in [1.165, 1.54) is 0 Å². The number of aromatic amines is 1. The summed E-state index contributed by atoms with van der Waals surface area (Å²) in [6.07, 6.45) is -1.45. The van der Waals surface area contributed by atoms with Crippen LogP contribution in [0.25, 0.3) is 10.8 Å². The number of anilines is 1. The Bertz CT molecular complexity index is 710. The van der Waals surface area contributed by atoms with Gasteiger partial charge in [0, 0.05) is 30.8 Å². The van der Waals surface area contributed by atoms with E-state index in [1.54, 1.807) is 6.07 Å². The maximum absolute atomic E-state index is 12.4. The highest BCUT2D eigenvalue weighted by Gasteiger charge is 2.14. The van der Waals surface area contributed by atoms with Crippen molar-refractivity contribution in [3.63, 3.8) is 0 Å². The highest BCUT2D eigenvalue weighted by Crippen LogP contribution is 2.21. The number of hydrogen-bond donors (Lipinski definition) is 4. The smallest absolute Gasteiger partial charge is 0.256 e. The van der Waals surface area contributed by atoms with Gasteiger partial charge in [0.25, 0.3) is 5.56 Å². The Balaban J connectivity index is 2.30. The van der Waals surface area contributed by atoms with Crippen molar-refractivity contribution < 1.29 is 19.7 Å². The topological polar surface area (TPSA) is 104 Å². The van der Waals surface area contributed by atoms with Crippen molar-refractivity contribution in [1.29, 1.82) is 0 Å². The van der Waals surface area contributed by atoms with Crippen molar-refractivity contribution in [3.05, 3.63) is 40.3 Å². The molecule has 2 rings (SSSR count). The molecule has 4 N–H and O–H groups in total. The fourth-order valence-corrected chi connectivity index (χ4v) is 2.35. The maximum atomic E-state index is 12.4. The third-order valence-corrected chi connectivity index (χ3v) is 3.51. The lowest BCUT2D eigenvalue weighted by Gasteiger charge is -2.17. The molecule has 0 unspecified atom stereocenters. The molecule has 0 radical (unpaired) electrons. The van der Waals surface area contributed by atoms with Gasteiger partial charge >= 0.3 is 0 Å². The first-order valence-electron chi connectivity index (χ1n) is 8.02. The largest absolute Gasteiger partial charge is 0.394 e. The molecule has 0 spiro atoms. The normalized spacial score (nSPS) is 12.7. The monoisotopic (exact) mass is 336 g/mol. The zero-order chi connectivity index (χ0) is 17.5. The maximum Gasteiger partial charge on any atom is 0.256 e. The lowest BCUT2D eigenvalue weighted by atomic mass is 10.1. The van der Waals surface area contributed by atoms with Gasteiger partial charge in [0.05, 0.1) is 18.4 Å². The Kier molecular flexibility index (Phi) is 6.74. The van der Waals surface area contributed by atoms with E-state index in [9.17, 15) is 9.90 Å². The summed E-state index contributed by atoms with van der Waals surface area (Å²) in [5.74, 6) is 0. The first kappa shape index (κ1) is 18.4. The van der Waals surface area contributed by atoms with Gasteiger partial charge in [-0.25, -0.2) is 0 Å². The van der Waals surface area contributed by atoms with Gasteiger partial charge < -0.3 is 30.0 Å². The van der Waals surface area contributed by atoms with E-state index in [-0.39, 0.29) is 18.7 Å². The first-order valence-corrected chi connectivity index (χ1v) is 8.02. The van der Waals surface area contributed by atoms with Gasteiger partial charge in [-0.1, -0.05) is 6.07 Å². The van der Waals surface area contributed by atoms with Crippen molar-refractivity contribution in [2.45, 2.75) is 26.2 Å². The number of hydrogen-bond acceptors (Lipinski definition) is 6. The van der Waals surface area contributed by atoms with Crippen LogP contribution in [0, 0.1) is 0 Å². The minimum Gasteiger partial charge on any atom is -0.394 e. The number of nitrogens with one attached hydrogen (secondary N) is 2. The summed E-state index contributed by atoms with van der Waals surface area (Å²) in [6.45, 7) is 4.56. The van der Waals surface area contributed by atoms with Crippen molar-refractivity contribution in [2.24, 2.45) is 0 Å². The number of fused-ring (bicyclic) bond motifs is 1. The number of aliphatic hydroxyl groups excluding tert-OH is 2. The molecule has 0 bridgehead atoms. The second-order valence-corrected chi connectivity index (χ2v) is 5.32. The van der Waals surface area contributed by atoms with Crippen molar-refractivity contribution in [1.82, 2.24) is 4.98 Å². The molecule has 0 aliphatic carbocycles. The SMILES string of the molecule is CCOC(OCC)c1cc2ccc(NC[C@@H](O)CO)cc2c(=O)[nH]1. The van der Waals surface area contributed by atoms with Crippen LogP contribution in [0.4, 0.5) is 5.69 Å². The van der Waals surface area contributed by atoms with Crippen LogP contribution in [-0.4, -0.2) is 47.7 Å². The average Bonchev–Trinajstić information content (AvgIpc) is 2.59. The number of H-pyrrole nitrogens is 1. The summed E-state index contributed by atoms with van der Waals surface area (Å²) < 4.78 is 11.0. The van der Waals surface area contributed by atoms with Crippen molar-refractivity contribution in [3.8, 4) is 0 Å². The molecule has 0 saturated carbocycles. The molecule has 0 amide bonds. The van der Waals surface area contributed by atoms with Crippen LogP contribution in [-0.2, 0) is 9.47 Å². The van der Waals surface area contributed by atoms with E-state index in [4.69, 9.17) is 14.6 Å². The van der Waals surface area contributed by atoms with E-state index in [0.717, 1.165) is 5.39 Å². The second-order valence-electron chi connectivity index (χ2n) is 5.32. The third kappa shape index (κ3) is 4.55. The summed E-state index contributed by atoms with van der Waals surface area (Å²) >= 11 is 0. The minimum atomic E-state index is -0.848. The first-order chi connectivity index (χ1) is 11.6. The van der Waals surface area contributed by atoms with E-state index < -0.39 is 12.4 Å². The highest BCUT2D eigenvalue weighted by molar-refractivity contribution is 5.85. The fraction of sp³-hybridized carbons (Fsp3) is 0.471. The highest BCUT2D eigenvalue weighted by atomic mass is 16.7. The Morgan fingerprint density at radius 3 is 2.54 bits per heavy atom. The van der Waals surface area contributed by atoms with Crippen LogP contribution in [0.2, 0.25) is 0 Å². The Morgan fingerprint density at radius 2 is 1.92 bits per heavy atom. The quantitative estimate of drug-likeness (QED) is 0.516. The van der Waals surface area contributed by atoms with Crippen LogP contribution in [0.5, 0.6) is 0 Å². The van der Waals surface area contributed by atoms with Crippen LogP contribution < -0.4 is 10.9 Å². The second kappa shape index (κ2) is 8.79. The summed E-state index contributed by atoms with van der Waals surface area (Å²) in [6, 6.07) is 7.17. The summed E-state index contributed by atoms with van der Waals surface area (Å²) in [4.78, 5) is 15.2. The summed E-state index contributed by atoms with van der Waals surface area (Å²) in [5.41, 5.74) is 1.03. The molecule has 7 heteroatoms. The van der Waals surface area contributed by atoms with Gasteiger partial charge in [0.15, 0.2) is 6.29 Å². The summed E-state index contributed by atoms with van der Waals surface area (Å²) in [5, 5.41) is 22.5. The molecule has 2 aromatic rings. The van der Waals surface area contributed by atoms with E-state index in [1.807, 2.05) is 32.0 Å². The van der Waals surface area contributed by atoms with Gasteiger partial charge in [-0.2, -0.15) is 0 Å². The molecule has 1 aromatic heterocycles. The third-order valence-electron chi connectivity index (χ3n) is 3.51. The van der Waals surface area contributed by atoms with Gasteiger partial charge in [-0.05, 0) is 37.4 Å². The van der Waals surface area contributed by atoms with Gasteiger partial charge in [0.2, 0.25) is 0 Å². The number of aliphatic hydroxyl groups is 2. The molecule has 0 saturated heterocycles. The average molecular weight is 336 g/mol. The molecule has 1 aromatic carbocycles. The standard InChI is InChI=1S/C17H24N2O5/c1-3-23-17(24-4-2)15-7-11-5-6-12(18-9-13(21)10-20)8-14(11)16(22)19-15/h5-8,13,17-18,20-21H,3-4,9-10H2,1-2H3,(H,19,22)/t13-/m1/s1. The molecule has 0 fully saturated rings. The molecule has 0 aliphatic rings.